The molecule has 3 heterocycles. The Morgan fingerprint density at radius 2 is 1.81 bits per heavy atom. The molecule has 32 heavy (non-hydrogen) atoms. The number of fused-ring (bicyclic) bond motifs is 1. The maximum atomic E-state index is 13.0. The summed E-state index contributed by atoms with van der Waals surface area (Å²) in [6.07, 6.45) is 1.68. The second-order valence-electron chi connectivity index (χ2n) is 10.0. The van der Waals surface area contributed by atoms with Gasteiger partial charge >= 0.3 is 5.69 Å². The lowest BCUT2D eigenvalue weighted by Crippen LogP contribution is -2.39. The second-order valence-corrected chi connectivity index (χ2v) is 12.0. The highest BCUT2D eigenvalue weighted by molar-refractivity contribution is 7.88. The molecule has 1 aliphatic rings. The summed E-state index contributed by atoms with van der Waals surface area (Å²) in [7, 11) is -1.66. The predicted molar refractivity (Wildman–Crippen MR) is 127 cm³/mol. The molecule has 172 valence electrons. The quantitative estimate of drug-likeness (QED) is 0.589. The summed E-state index contributed by atoms with van der Waals surface area (Å²) >= 11 is 0. The number of aromatic nitrogens is 3. The van der Waals surface area contributed by atoms with Gasteiger partial charge in [-0.15, -0.1) is 0 Å². The van der Waals surface area contributed by atoms with E-state index in [4.69, 9.17) is 4.98 Å². The summed E-state index contributed by atoms with van der Waals surface area (Å²) in [6, 6.07) is 13.2. The van der Waals surface area contributed by atoms with Crippen LogP contribution in [0.4, 0.5) is 0 Å². The van der Waals surface area contributed by atoms with E-state index in [0.717, 1.165) is 29.6 Å². The van der Waals surface area contributed by atoms with Crippen molar-refractivity contribution >= 4 is 21.2 Å². The van der Waals surface area contributed by atoms with Gasteiger partial charge in [-0.25, -0.2) is 22.5 Å². The van der Waals surface area contributed by atoms with Gasteiger partial charge in [0, 0.05) is 38.3 Å². The zero-order chi connectivity index (χ0) is 23.1. The van der Waals surface area contributed by atoms with Crippen molar-refractivity contribution in [3.05, 3.63) is 64.2 Å². The number of pyridine rings is 1. The Morgan fingerprint density at radius 1 is 1.09 bits per heavy atom. The third kappa shape index (κ3) is 4.66. The number of imidazole rings is 1. The van der Waals surface area contributed by atoms with Gasteiger partial charge in [-0.2, -0.15) is 0 Å². The molecule has 2 aromatic heterocycles. The molecule has 7 nitrogen and oxygen atoms in total. The van der Waals surface area contributed by atoms with Crippen LogP contribution in [0.1, 0.15) is 50.8 Å². The number of piperidine rings is 1. The molecule has 1 aromatic carbocycles. The zero-order valence-electron chi connectivity index (χ0n) is 19.3. The minimum Gasteiger partial charge on any atom is -0.290 e. The van der Waals surface area contributed by atoms with Crippen molar-refractivity contribution in [3.8, 4) is 0 Å². The highest BCUT2D eigenvalue weighted by Gasteiger charge is 2.31. The molecule has 0 amide bonds. The number of sulfonamides is 1. The van der Waals surface area contributed by atoms with E-state index < -0.39 is 10.0 Å². The fraction of sp³-hybridized carbons (Fsp3) is 0.500. The average Bonchev–Trinajstić information content (AvgIpc) is 2.97. The molecule has 0 bridgehead atoms. The molecule has 8 heteroatoms. The van der Waals surface area contributed by atoms with Crippen molar-refractivity contribution < 1.29 is 8.42 Å². The average molecular weight is 457 g/mol. The first-order valence-electron chi connectivity index (χ1n) is 11.1. The normalized spacial score (nSPS) is 18.3. The third-order valence-electron chi connectivity index (χ3n) is 6.02. The summed E-state index contributed by atoms with van der Waals surface area (Å²) in [5.41, 5.74) is 3.01. The van der Waals surface area contributed by atoms with Crippen molar-refractivity contribution in [2.45, 2.75) is 51.8 Å². The van der Waals surface area contributed by atoms with Crippen LogP contribution in [0, 0.1) is 5.41 Å². The number of rotatable bonds is 5. The van der Waals surface area contributed by atoms with Crippen molar-refractivity contribution in [1.82, 2.24) is 18.4 Å². The SMILES string of the molecule is Cn1c(=O)n(CC(C)(C)C)c2ccc(C3CCCN(S(=O)(=O)Cc4ccccc4)C3)nc21. The van der Waals surface area contributed by atoms with Crippen LogP contribution in [0.15, 0.2) is 47.3 Å². The van der Waals surface area contributed by atoms with Gasteiger partial charge in [0.25, 0.3) is 0 Å². The van der Waals surface area contributed by atoms with Crippen LogP contribution in [0.2, 0.25) is 0 Å². The largest absolute Gasteiger partial charge is 0.330 e. The van der Waals surface area contributed by atoms with Crippen LogP contribution in [0.5, 0.6) is 0 Å². The van der Waals surface area contributed by atoms with Gasteiger partial charge in [-0.1, -0.05) is 51.1 Å². The molecule has 3 aromatic rings. The van der Waals surface area contributed by atoms with Gasteiger partial charge in [-0.3, -0.25) is 9.13 Å². The standard InChI is InChI=1S/C24H32N4O3S/c1-24(2,3)17-28-21-13-12-20(25-22(21)26(4)23(28)29)19-11-8-14-27(15-19)32(30,31)16-18-9-6-5-7-10-18/h5-7,9-10,12-13,19H,8,11,14-17H2,1-4H3. The highest BCUT2D eigenvalue weighted by atomic mass is 32.2. The molecular weight excluding hydrogens is 424 g/mol. The number of nitrogens with zero attached hydrogens (tertiary/aromatic N) is 4. The molecule has 0 radical (unpaired) electrons. The Balaban J connectivity index is 1.60. The van der Waals surface area contributed by atoms with E-state index in [1.165, 1.54) is 0 Å². The summed E-state index contributed by atoms with van der Waals surface area (Å²) in [6.45, 7) is 7.88. The van der Waals surface area contributed by atoms with E-state index in [2.05, 4.69) is 20.8 Å². The minimum absolute atomic E-state index is 0.0111. The fourth-order valence-corrected chi connectivity index (χ4v) is 6.07. The zero-order valence-corrected chi connectivity index (χ0v) is 20.1. The summed E-state index contributed by atoms with van der Waals surface area (Å²) in [5, 5.41) is 0. The summed E-state index contributed by atoms with van der Waals surface area (Å²) in [4.78, 5) is 17.6. The van der Waals surface area contributed by atoms with Crippen molar-refractivity contribution in [2.24, 2.45) is 12.5 Å². The Morgan fingerprint density at radius 3 is 2.50 bits per heavy atom. The molecule has 1 atom stereocenters. The number of hydrogen-bond acceptors (Lipinski definition) is 4. The van der Waals surface area contributed by atoms with Gasteiger partial charge in [0.15, 0.2) is 5.65 Å². The first-order valence-corrected chi connectivity index (χ1v) is 12.7. The van der Waals surface area contributed by atoms with Crippen molar-refractivity contribution in [1.29, 1.82) is 0 Å². The van der Waals surface area contributed by atoms with Crippen molar-refractivity contribution in [2.75, 3.05) is 13.1 Å². The first kappa shape index (κ1) is 22.7. The maximum Gasteiger partial charge on any atom is 0.330 e. The van der Waals surface area contributed by atoms with Gasteiger partial charge in [0.2, 0.25) is 10.0 Å². The molecule has 0 saturated carbocycles. The second kappa shape index (κ2) is 8.48. The lowest BCUT2D eigenvalue weighted by Gasteiger charge is -2.31. The molecule has 1 fully saturated rings. The molecule has 0 spiro atoms. The Kier molecular flexibility index (Phi) is 6.02. The molecule has 1 unspecified atom stereocenters. The van der Waals surface area contributed by atoms with E-state index in [-0.39, 0.29) is 22.8 Å². The molecule has 0 aliphatic carbocycles. The van der Waals surface area contributed by atoms with Crippen LogP contribution < -0.4 is 5.69 Å². The van der Waals surface area contributed by atoms with Gasteiger partial charge in [0.1, 0.15) is 0 Å². The Hall–Kier alpha value is -2.45. The lowest BCUT2D eigenvalue weighted by molar-refractivity contribution is 0.312. The van der Waals surface area contributed by atoms with E-state index >= 15 is 0 Å². The van der Waals surface area contributed by atoms with Gasteiger partial charge in [-0.05, 0) is 36.0 Å². The van der Waals surface area contributed by atoms with E-state index in [9.17, 15) is 13.2 Å². The summed E-state index contributed by atoms with van der Waals surface area (Å²) < 4.78 is 31.0. The molecule has 1 aliphatic heterocycles. The van der Waals surface area contributed by atoms with Gasteiger partial charge < -0.3 is 0 Å². The maximum absolute atomic E-state index is 13.0. The van der Waals surface area contributed by atoms with Gasteiger partial charge in [0.05, 0.1) is 11.3 Å². The third-order valence-corrected chi connectivity index (χ3v) is 7.84. The van der Waals surface area contributed by atoms with Crippen LogP contribution in [-0.2, 0) is 29.4 Å². The smallest absolute Gasteiger partial charge is 0.290 e. The number of aryl methyl sites for hydroxylation is 1. The highest BCUT2D eigenvalue weighted by Crippen LogP contribution is 2.29. The van der Waals surface area contributed by atoms with Crippen LogP contribution in [0.3, 0.4) is 0 Å². The Labute approximate surface area is 189 Å². The van der Waals surface area contributed by atoms with E-state index in [1.54, 1.807) is 20.5 Å². The number of benzene rings is 1. The summed E-state index contributed by atoms with van der Waals surface area (Å²) in [5.74, 6) is 0.0248. The van der Waals surface area contributed by atoms with Crippen LogP contribution in [0.25, 0.3) is 11.2 Å². The number of hydrogen-bond donors (Lipinski definition) is 0. The molecule has 4 rings (SSSR count). The van der Waals surface area contributed by atoms with Crippen molar-refractivity contribution in [3.63, 3.8) is 0 Å². The monoisotopic (exact) mass is 456 g/mol. The fourth-order valence-electron chi connectivity index (χ4n) is 4.46. The molecule has 1 saturated heterocycles. The lowest BCUT2D eigenvalue weighted by atomic mass is 9.95. The minimum atomic E-state index is -3.40. The topological polar surface area (TPSA) is 77.2 Å². The van der Waals surface area contributed by atoms with Crippen LogP contribution >= 0.6 is 0 Å². The Bertz CT molecular complexity index is 1270. The van der Waals surface area contributed by atoms with E-state index in [0.29, 0.717) is 25.3 Å². The predicted octanol–water partition coefficient (Wildman–Crippen LogP) is 3.49. The molecular formula is C24H32N4O3S. The van der Waals surface area contributed by atoms with E-state index in [1.807, 2.05) is 42.5 Å². The van der Waals surface area contributed by atoms with Crippen LogP contribution in [-0.4, -0.2) is 39.9 Å². The first-order chi connectivity index (χ1) is 15.0. The molecule has 0 N–H and O–H groups in total.